The Hall–Kier alpha value is -0.840. The second-order valence-electron chi connectivity index (χ2n) is 4.09. The number of carbonyl (C=O) groups is 1. The van der Waals surface area contributed by atoms with Crippen molar-refractivity contribution < 1.29 is 9.90 Å². The van der Waals surface area contributed by atoms with Gasteiger partial charge in [0.25, 0.3) is 0 Å². The number of fused-ring (bicyclic) bond motifs is 1. The lowest BCUT2D eigenvalue weighted by molar-refractivity contribution is -0.136. The van der Waals surface area contributed by atoms with Gasteiger partial charge in [0.05, 0.1) is 12.1 Å². The predicted octanol–water partition coefficient (Wildman–Crippen LogP) is 1.85. The minimum absolute atomic E-state index is 0.00500. The van der Waals surface area contributed by atoms with Crippen LogP contribution in [-0.2, 0) is 24.2 Å². The summed E-state index contributed by atoms with van der Waals surface area (Å²) in [5.74, 6) is 0.816. The number of aliphatic carboxylic acids is 1. The van der Waals surface area contributed by atoms with E-state index in [0.29, 0.717) is 11.6 Å². The molecule has 1 aromatic heterocycles. The van der Waals surface area contributed by atoms with Gasteiger partial charge in [-0.25, -0.2) is 4.98 Å². The van der Waals surface area contributed by atoms with Gasteiger partial charge in [-0.15, -0.1) is 0 Å². The molecule has 1 N–H and O–H groups in total. The maximum absolute atomic E-state index is 10.6. The number of carboxylic acids is 1. The van der Waals surface area contributed by atoms with Crippen molar-refractivity contribution in [2.75, 3.05) is 0 Å². The first-order valence-corrected chi connectivity index (χ1v) is 5.82. The SMILES string of the molecule is CC1CCc2nc(CC(=O)O)c(Br)n2C1. The Kier molecular flexibility index (Phi) is 2.82. The highest BCUT2D eigenvalue weighted by Crippen LogP contribution is 2.26. The minimum Gasteiger partial charge on any atom is -0.481 e. The van der Waals surface area contributed by atoms with Crippen molar-refractivity contribution in [3.63, 3.8) is 0 Å². The first kappa shape index (κ1) is 10.7. The van der Waals surface area contributed by atoms with Crippen molar-refractivity contribution in [3.05, 3.63) is 16.1 Å². The molecule has 1 aliphatic heterocycles. The van der Waals surface area contributed by atoms with E-state index in [1.807, 2.05) is 0 Å². The summed E-state index contributed by atoms with van der Waals surface area (Å²) in [5.41, 5.74) is 0.645. The van der Waals surface area contributed by atoms with Crippen LogP contribution < -0.4 is 0 Å². The molecular weight excluding hydrogens is 260 g/mol. The van der Waals surface area contributed by atoms with Crippen LogP contribution in [0.15, 0.2) is 4.60 Å². The van der Waals surface area contributed by atoms with Gasteiger partial charge in [-0.3, -0.25) is 4.79 Å². The molecule has 1 aliphatic rings. The van der Waals surface area contributed by atoms with Crippen molar-refractivity contribution in [2.45, 2.75) is 32.7 Å². The van der Waals surface area contributed by atoms with Crippen molar-refractivity contribution in [2.24, 2.45) is 5.92 Å². The van der Waals surface area contributed by atoms with Crippen molar-refractivity contribution in [1.29, 1.82) is 0 Å². The number of rotatable bonds is 2. The van der Waals surface area contributed by atoms with E-state index in [4.69, 9.17) is 5.11 Å². The topological polar surface area (TPSA) is 55.1 Å². The molecule has 4 nitrogen and oxygen atoms in total. The van der Waals surface area contributed by atoms with Crippen LogP contribution in [0.25, 0.3) is 0 Å². The first-order chi connectivity index (χ1) is 7.08. The summed E-state index contributed by atoms with van der Waals surface area (Å²) < 4.78 is 2.93. The summed E-state index contributed by atoms with van der Waals surface area (Å²) in [6, 6.07) is 0. The lowest BCUT2D eigenvalue weighted by Crippen LogP contribution is -2.18. The fourth-order valence-electron chi connectivity index (χ4n) is 1.94. The molecule has 0 amide bonds. The molecule has 0 radical (unpaired) electrons. The van der Waals surface area contributed by atoms with Gasteiger partial charge in [0, 0.05) is 13.0 Å². The molecule has 0 aliphatic carbocycles. The molecule has 82 valence electrons. The molecule has 15 heavy (non-hydrogen) atoms. The third-order valence-electron chi connectivity index (χ3n) is 2.72. The number of hydrogen-bond acceptors (Lipinski definition) is 2. The number of nitrogens with zero attached hydrogens (tertiary/aromatic N) is 2. The third-order valence-corrected chi connectivity index (χ3v) is 3.61. The smallest absolute Gasteiger partial charge is 0.309 e. The van der Waals surface area contributed by atoms with Crippen LogP contribution in [0.1, 0.15) is 24.9 Å². The summed E-state index contributed by atoms with van der Waals surface area (Å²) >= 11 is 3.43. The summed E-state index contributed by atoms with van der Waals surface area (Å²) in [5, 5.41) is 8.73. The van der Waals surface area contributed by atoms with Crippen LogP contribution in [0.4, 0.5) is 0 Å². The zero-order valence-corrected chi connectivity index (χ0v) is 10.1. The quantitative estimate of drug-likeness (QED) is 0.894. The molecule has 1 unspecified atom stereocenters. The molecule has 0 saturated carbocycles. The maximum Gasteiger partial charge on any atom is 0.309 e. The van der Waals surface area contributed by atoms with Crippen LogP contribution in [-0.4, -0.2) is 20.6 Å². The molecule has 0 aromatic carbocycles. The lowest BCUT2D eigenvalue weighted by atomic mass is 10.0. The normalized spacial score (nSPS) is 20.0. The van der Waals surface area contributed by atoms with Gasteiger partial charge in [-0.2, -0.15) is 0 Å². The molecule has 1 atom stereocenters. The average Bonchev–Trinajstić information content (AvgIpc) is 2.44. The number of aryl methyl sites for hydroxylation is 1. The van der Waals surface area contributed by atoms with Crippen molar-refractivity contribution in [1.82, 2.24) is 9.55 Å². The molecule has 0 bridgehead atoms. The summed E-state index contributed by atoms with van der Waals surface area (Å²) in [4.78, 5) is 15.0. The van der Waals surface area contributed by atoms with Gasteiger partial charge in [0.1, 0.15) is 10.4 Å². The van der Waals surface area contributed by atoms with Crippen LogP contribution >= 0.6 is 15.9 Å². The predicted molar refractivity (Wildman–Crippen MR) is 58.8 cm³/mol. The standard InChI is InChI=1S/C10H13BrN2O2/c1-6-2-3-8-12-7(4-9(14)15)10(11)13(8)5-6/h6H,2-5H2,1H3,(H,14,15). The number of hydrogen-bond donors (Lipinski definition) is 1. The molecule has 1 aromatic rings. The van der Waals surface area contributed by atoms with E-state index in [9.17, 15) is 4.79 Å². The van der Waals surface area contributed by atoms with E-state index in [0.717, 1.165) is 29.8 Å². The zero-order chi connectivity index (χ0) is 11.0. The molecule has 2 heterocycles. The van der Waals surface area contributed by atoms with E-state index in [2.05, 4.69) is 32.4 Å². The highest BCUT2D eigenvalue weighted by Gasteiger charge is 2.22. The Bertz CT molecular complexity index is 400. The molecular formula is C10H13BrN2O2. The first-order valence-electron chi connectivity index (χ1n) is 5.03. The third kappa shape index (κ3) is 2.07. The zero-order valence-electron chi connectivity index (χ0n) is 8.53. The Morgan fingerprint density at radius 1 is 1.73 bits per heavy atom. The highest BCUT2D eigenvalue weighted by atomic mass is 79.9. The Morgan fingerprint density at radius 3 is 3.13 bits per heavy atom. The van der Waals surface area contributed by atoms with Crippen LogP contribution in [0.2, 0.25) is 0 Å². The van der Waals surface area contributed by atoms with E-state index in [1.165, 1.54) is 0 Å². The fourth-order valence-corrected chi connectivity index (χ4v) is 2.52. The minimum atomic E-state index is -0.834. The largest absolute Gasteiger partial charge is 0.481 e. The lowest BCUT2D eigenvalue weighted by Gasteiger charge is -2.20. The van der Waals surface area contributed by atoms with Gasteiger partial charge >= 0.3 is 5.97 Å². The van der Waals surface area contributed by atoms with Crippen LogP contribution in [0.5, 0.6) is 0 Å². The fraction of sp³-hybridized carbons (Fsp3) is 0.600. The number of imidazole rings is 1. The molecule has 2 rings (SSSR count). The molecule has 0 fully saturated rings. The van der Waals surface area contributed by atoms with Crippen LogP contribution in [0.3, 0.4) is 0 Å². The maximum atomic E-state index is 10.6. The van der Waals surface area contributed by atoms with Crippen LogP contribution in [0, 0.1) is 5.92 Å². The molecule has 0 saturated heterocycles. The van der Waals surface area contributed by atoms with Crippen molar-refractivity contribution >= 4 is 21.9 Å². The van der Waals surface area contributed by atoms with E-state index in [1.54, 1.807) is 0 Å². The van der Waals surface area contributed by atoms with E-state index >= 15 is 0 Å². The number of halogens is 1. The average molecular weight is 273 g/mol. The second-order valence-corrected chi connectivity index (χ2v) is 4.84. The van der Waals surface area contributed by atoms with Gasteiger partial charge in [-0.05, 0) is 28.3 Å². The van der Waals surface area contributed by atoms with Gasteiger partial charge in [-0.1, -0.05) is 6.92 Å². The van der Waals surface area contributed by atoms with Gasteiger partial charge in [0.15, 0.2) is 0 Å². The van der Waals surface area contributed by atoms with E-state index < -0.39 is 5.97 Å². The Morgan fingerprint density at radius 2 is 2.47 bits per heavy atom. The van der Waals surface area contributed by atoms with Gasteiger partial charge < -0.3 is 9.67 Å². The highest BCUT2D eigenvalue weighted by molar-refractivity contribution is 9.10. The van der Waals surface area contributed by atoms with Gasteiger partial charge in [0.2, 0.25) is 0 Å². The number of carboxylic acid groups (broad SMARTS) is 1. The summed E-state index contributed by atoms with van der Waals surface area (Å²) in [6.07, 6.45) is 2.07. The van der Waals surface area contributed by atoms with E-state index in [-0.39, 0.29) is 6.42 Å². The summed E-state index contributed by atoms with van der Waals surface area (Å²) in [6.45, 7) is 3.13. The monoisotopic (exact) mass is 272 g/mol. The Balaban J connectivity index is 2.32. The molecule has 5 heteroatoms. The second kappa shape index (κ2) is 3.96. The summed E-state index contributed by atoms with van der Waals surface area (Å²) in [7, 11) is 0. The molecule has 0 spiro atoms. The Labute approximate surface area is 96.4 Å². The van der Waals surface area contributed by atoms with Crippen molar-refractivity contribution in [3.8, 4) is 0 Å². The number of aromatic nitrogens is 2.